The van der Waals surface area contributed by atoms with E-state index in [1.807, 2.05) is 0 Å². The molecule has 14 heavy (non-hydrogen) atoms. The second kappa shape index (κ2) is 9.44. The Bertz CT molecular complexity index is 120. The summed E-state index contributed by atoms with van der Waals surface area (Å²) in [5.74, 6) is 1.41. The first-order chi connectivity index (χ1) is 6.72. The first-order valence-electron chi connectivity index (χ1n) is 5.41. The average molecular weight is 203 g/mol. The van der Waals surface area contributed by atoms with Gasteiger partial charge in [-0.15, -0.1) is 0 Å². The zero-order valence-corrected chi connectivity index (χ0v) is 10.0. The zero-order chi connectivity index (χ0) is 10.8. The average Bonchev–Trinajstić information content (AvgIpc) is 2.20. The third-order valence-electron chi connectivity index (χ3n) is 2.70. The van der Waals surface area contributed by atoms with Crippen LogP contribution in [-0.4, -0.2) is 40.5 Å². The lowest BCUT2D eigenvalue weighted by Crippen LogP contribution is -2.28. The molecule has 0 aromatic rings. The summed E-state index contributed by atoms with van der Waals surface area (Å²) in [5, 5.41) is 3.38. The van der Waals surface area contributed by atoms with Crippen molar-refractivity contribution in [3.05, 3.63) is 0 Å². The van der Waals surface area contributed by atoms with Crippen LogP contribution in [0.2, 0.25) is 0 Å². The molecule has 0 radical (unpaired) electrons. The van der Waals surface area contributed by atoms with Crippen LogP contribution in [0.15, 0.2) is 0 Å². The highest BCUT2D eigenvalue weighted by Crippen LogP contribution is 2.13. The Labute approximate surface area is 88.2 Å². The third kappa shape index (κ3) is 7.30. The Morgan fingerprint density at radius 2 is 1.64 bits per heavy atom. The van der Waals surface area contributed by atoms with Crippen molar-refractivity contribution in [3.63, 3.8) is 0 Å². The quantitative estimate of drug-likeness (QED) is 0.576. The van der Waals surface area contributed by atoms with Crippen molar-refractivity contribution < 1.29 is 9.47 Å². The topological polar surface area (TPSA) is 30.5 Å². The van der Waals surface area contributed by atoms with Crippen LogP contribution >= 0.6 is 0 Å². The van der Waals surface area contributed by atoms with Crippen LogP contribution in [0.3, 0.4) is 0 Å². The van der Waals surface area contributed by atoms with Gasteiger partial charge in [0.05, 0.1) is 6.61 Å². The van der Waals surface area contributed by atoms with Crippen molar-refractivity contribution >= 4 is 0 Å². The van der Waals surface area contributed by atoms with E-state index in [9.17, 15) is 0 Å². The van der Waals surface area contributed by atoms with Crippen LogP contribution in [0.25, 0.3) is 0 Å². The van der Waals surface area contributed by atoms with Gasteiger partial charge in [-0.2, -0.15) is 0 Å². The summed E-state index contributed by atoms with van der Waals surface area (Å²) < 4.78 is 10.0. The summed E-state index contributed by atoms with van der Waals surface area (Å²) in [4.78, 5) is 0. The standard InChI is InChI=1S/C11H25NO2/c1-10(5-7-13-3)11(2)9-12-6-8-14-4/h10-12H,5-9H2,1-4H3. The Hall–Kier alpha value is -0.120. The van der Waals surface area contributed by atoms with Gasteiger partial charge >= 0.3 is 0 Å². The minimum atomic E-state index is 0.696. The molecule has 86 valence electrons. The van der Waals surface area contributed by atoms with E-state index < -0.39 is 0 Å². The third-order valence-corrected chi connectivity index (χ3v) is 2.70. The highest BCUT2D eigenvalue weighted by atomic mass is 16.5. The lowest BCUT2D eigenvalue weighted by Gasteiger charge is -2.19. The van der Waals surface area contributed by atoms with Crippen molar-refractivity contribution in [2.24, 2.45) is 11.8 Å². The lowest BCUT2D eigenvalue weighted by atomic mass is 9.93. The fourth-order valence-corrected chi connectivity index (χ4v) is 1.29. The molecule has 0 bridgehead atoms. The first-order valence-corrected chi connectivity index (χ1v) is 5.41. The highest BCUT2D eigenvalue weighted by molar-refractivity contribution is 4.64. The van der Waals surface area contributed by atoms with Crippen LogP contribution in [0.5, 0.6) is 0 Å². The van der Waals surface area contributed by atoms with Crippen LogP contribution in [-0.2, 0) is 9.47 Å². The maximum absolute atomic E-state index is 5.07. The minimum absolute atomic E-state index is 0.696. The number of methoxy groups -OCH3 is 2. The summed E-state index contributed by atoms with van der Waals surface area (Å²) in [5.41, 5.74) is 0. The second-order valence-electron chi connectivity index (χ2n) is 3.93. The van der Waals surface area contributed by atoms with E-state index in [0.717, 1.165) is 32.7 Å². The Balaban J connectivity index is 3.36. The van der Waals surface area contributed by atoms with Crippen molar-refractivity contribution in [2.75, 3.05) is 40.5 Å². The van der Waals surface area contributed by atoms with E-state index in [-0.39, 0.29) is 0 Å². The summed E-state index contributed by atoms with van der Waals surface area (Å²) in [7, 11) is 3.49. The number of hydrogen-bond acceptors (Lipinski definition) is 3. The molecule has 0 aromatic heterocycles. The van der Waals surface area contributed by atoms with E-state index in [4.69, 9.17) is 9.47 Å². The molecule has 0 heterocycles. The Morgan fingerprint density at radius 3 is 2.21 bits per heavy atom. The van der Waals surface area contributed by atoms with Gasteiger partial charge in [0.2, 0.25) is 0 Å². The van der Waals surface area contributed by atoms with Crippen LogP contribution in [0.1, 0.15) is 20.3 Å². The second-order valence-corrected chi connectivity index (χ2v) is 3.93. The van der Waals surface area contributed by atoms with Crippen molar-refractivity contribution in [2.45, 2.75) is 20.3 Å². The van der Waals surface area contributed by atoms with E-state index in [0.29, 0.717) is 11.8 Å². The Kier molecular flexibility index (Phi) is 9.35. The van der Waals surface area contributed by atoms with Crippen molar-refractivity contribution in [1.82, 2.24) is 5.32 Å². The highest BCUT2D eigenvalue weighted by Gasteiger charge is 2.10. The van der Waals surface area contributed by atoms with E-state index in [2.05, 4.69) is 19.2 Å². The van der Waals surface area contributed by atoms with Crippen LogP contribution in [0.4, 0.5) is 0 Å². The molecule has 1 N–H and O–H groups in total. The molecule has 0 saturated carbocycles. The van der Waals surface area contributed by atoms with E-state index >= 15 is 0 Å². The molecular formula is C11H25NO2. The van der Waals surface area contributed by atoms with Gasteiger partial charge in [-0.3, -0.25) is 0 Å². The van der Waals surface area contributed by atoms with Gasteiger partial charge in [0, 0.05) is 27.4 Å². The summed E-state index contributed by atoms with van der Waals surface area (Å²) in [6, 6.07) is 0. The van der Waals surface area contributed by atoms with Crippen LogP contribution in [0, 0.1) is 11.8 Å². The number of rotatable bonds is 9. The molecule has 0 aliphatic heterocycles. The fraction of sp³-hybridized carbons (Fsp3) is 1.00. The van der Waals surface area contributed by atoms with E-state index in [1.165, 1.54) is 0 Å². The molecule has 3 heteroatoms. The molecule has 0 amide bonds. The molecule has 3 nitrogen and oxygen atoms in total. The Morgan fingerprint density at radius 1 is 1.00 bits per heavy atom. The molecule has 0 aliphatic rings. The van der Waals surface area contributed by atoms with Crippen molar-refractivity contribution in [3.8, 4) is 0 Å². The van der Waals surface area contributed by atoms with E-state index in [1.54, 1.807) is 14.2 Å². The summed E-state index contributed by atoms with van der Waals surface area (Å²) in [6.45, 7) is 8.22. The number of hydrogen-bond donors (Lipinski definition) is 1. The largest absolute Gasteiger partial charge is 0.385 e. The molecule has 0 spiro atoms. The summed E-state index contributed by atoms with van der Waals surface area (Å²) >= 11 is 0. The maximum Gasteiger partial charge on any atom is 0.0587 e. The van der Waals surface area contributed by atoms with Gasteiger partial charge in [-0.1, -0.05) is 13.8 Å². The normalized spacial score (nSPS) is 15.4. The smallest absolute Gasteiger partial charge is 0.0587 e. The molecule has 0 fully saturated rings. The molecule has 0 aliphatic carbocycles. The predicted molar refractivity (Wildman–Crippen MR) is 59.6 cm³/mol. The molecule has 0 saturated heterocycles. The fourth-order valence-electron chi connectivity index (χ4n) is 1.29. The molecule has 0 aromatic carbocycles. The SMILES string of the molecule is COCCNCC(C)C(C)CCOC. The van der Waals surface area contributed by atoms with Gasteiger partial charge in [0.1, 0.15) is 0 Å². The van der Waals surface area contributed by atoms with Gasteiger partial charge in [0.15, 0.2) is 0 Å². The summed E-state index contributed by atoms with van der Waals surface area (Å²) in [6.07, 6.45) is 1.14. The van der Waals surface area contributed by atoms with Gasteiger partial charge in [-0.25, -0.2) is 0 Å². The van der Waals surface area contributed by atoms with Gasteiger partial charge in [-0.05, 0) is 24.8 Å². The van der Waals surface area contributed by atoms with Crippen LogP contribution < -0.4 is 5.32 Å². The first kappa shape index (κ1) is 13.9. The maximum atomic E-state index is 5.07. The molecular weight excluding hydrogens is 178 g/mol. The lowest BCUT2D eigenvalue weighted by molar-refractivity contribution is 0.164. The predicted octanol–water partition coefficient (Wildman–Crippen LogP) is 1.53. The number of nitrogens with one attached hydrogen (secondary N) is 1. The van der Waals surface area contributed by atoms with Gasteiger partial charge < -0.3 is 14.8 Å². The van der Waals surface area contributed by atoms with Gasteiger partial charge in [0.25, 0.3) is 0 Å². The monoisotopic (exact) mass is 203 g/mol. The number of ether oxygens (including phenoxy) is 2. The minimum Gasteiger partial charge on any atom is -0.385 e. The van der Waals surface area contributed by atoms with Crippen molar-refractivity contribution in [1.29, 1.82) is 0 Å². The molecule has 0 rings (SSSR count). The zero-order valence-electron chi connectivity index (χ0n) is 10.0. The molecule has 2 atom stereocenters. The molecule has 2 unspecified atom stereocenters.